The van der Waals surface area contributed by atoms with Crippen molar-refractivity contribution < 1.29 is 22.7 Å². The molecule has 2 aromatic rings. The number of carbonyl (C=O) groups excluding carboxylic acids is 1. The topological polar surface area (TPSA) is 76.2 Å². The molecule has 2 heterocycles. The van der Waals surface area contributed by atoms with Gasteiger partial charge in [0.15, 0.2) is 11.5 Å². The standard InChI is InChI=1S/C22H26N2O5S/c1-15-12-16(2)21(17(3)13-15)30(26,27)24-10-8-23(9-11-24)22(25)20-14-28-18-6-4-5-7-19(18)29-20/h4-7,12-13,20H,8-11,14H2,1-3H3/t20-/m0/s1. The average Bonchev–Trinajstić information content (AvgIpc) is 2.72. The van der Waals surface area contributed by atoms with Crippen LogP contribution in [0.25, 0.3) is 0 Å². The fourth-order valence-corrected chi connectivity index (χ4v) is 6.03. The molecule has 2 aromatic carbocycles. The van der Waals surface area contributed by atoms with E-state index in [0.717, 1.165) is 16.7 Å². The molecule has 7 nitrogen and oxygen atoms in total. The van der Waals surface area contributed by atoms with Gasteiger partial charge in [-0.15, -0.1) is 0 Å². The van der Waals surface area contributed by atoms with Gasteiger partial charge >= 0.3 is 0 Å². The molecule has 8 heteroatoms. The molecule has 0 bridgehead atoms. The molecule has 0 N–H and O–H groups in total. The maximum Gasteiger partial charge on any atom is 0.267 e. The van der Waals surface area contributed by atoms with Crippen LogP contribution in [0.3, 0.4) is 0 Å². The van der Waals surface area contributed by atoms with Gasteiger partial charge in [-0.25, -0.2) is 8.42 Å². The number of nitrogens with zero attached hydrogens (tertiary/aromatic N) is 2. The summed E-state index contributed by atoms with van der Waals surface area (Å²) in [5, 5.41) is 0. The Kier molecular flexibility index (Phi) is 5.46. The third-order valence-electron chi connectivity index (χ3n) is 5.54. The Labute approximate surface area is 177 Å². The van der Waals surface area contributed by atoms with Gasteiger partial charge in [0.2, 0.25) is 16.1 Å². The van der Waals surface area contributed by atoms with Gasteiger partial charge in [-0.1, -0.05) is 29.8 Å². The lowest BCUT2D eigenvalue weighted by molar-refractivity contribution is -0.142. The van der Waals surface area contributed by atoms with Crippen molar-refractivity contribution in [1.82, 2.24) is 9.21 Å². The van der Waals surface area contributed by atoms with Crippen molar-refractivity contribution in [3.8, 4) is 11.5 Å². The number of amides is 1. The summed E-state index contributed by atoms with van der Waals surface area (Å²) in [6.07, 6.45) is -0.718. The summed E-state index contributed by atoms with van der Waals surface area (Å²) in [5.74, 6) is 0.999. The zero-order valence-corrected chi connectivity index (χ0v) is 18.2. The summed E-state index contributed by atoms with van der Waals surface area (Å²) in [4.78, 5) is 14.9. The van der Waals surface area contributed by atoms with E-state index in [1.807, 2.05) is 45.0 Å². The third kappa shape index (κ3) is 3.77. The first-order valence-corrected chi connectivity index (χ1v) is 11.5. The summed E-state index contributed by atoms with van der Waals surface area (Å²) in [6, 6.07) is 11.0. The van der Waals surface area contributed by atoms with E-state index in [1.54, 1.807) is 17.0 Å². The van der Waals surface area contributed by atoms with Crippen molar-refractivity contribution in [2.45, 2.75) is 31.8 Å². The Balaban J connectivity index is 1.43. The first-order valence-electron chi connectivity index (χ1n) is 10.0. The molecule has 160 valence electrons. The minimum Gasteiger partial charge on any atom is -0.485 e. The number of rotatable bonds is 3. The molecule has 2 aliphatic rings. The van der Waals surface area contributed by atoms with Crippen LogP contribution in [0.5, 0.6) is 11.5 Å². The fourth-order valence-electron chi connectivity index (χ4n) is 4.20. The molecule has 0 radical (unpaired) electrons. The molecular formula is C22H26N2O5S. The smallest absolute Gasteiger partial charge is 0.267 e. The van der Waals surface area contributed by atoms with Crippen LogP contribution in [-0.4, -0.2) is 62.4 Å². The monoisotopic (exact) mass is 430 g/mol. The molecule has 1 amide bonds. The van der Waals surface area contributed by atoms with E-state index in [-0.39, 0.29) is 25.6 Å². The van der Waals surface area contributed by atoms with Crippen LogP contribution in [0.1, 0.15) is 16.7 Å². The summed E-state index contributed by atoms with van der Waals surface area (Å²) in [7, 11) is -3.61. The number of ether oxygens (including phenoxy) is 2. The second kappa shape index (κ2) is 7.92. The van der Waals surface area contributed by atoms with Gasteiger partial charge in [0, 0.05) is 26.2 Å². The van der Waals surface area contributed by atoms with E-state index in [9.17, 15) is 13.2 Å². The normalized spacial score (nSPS) is 19.6. The lowest BCUT2D eigenvalue weighted by atomic mass is 10.1. The number of aryl methyl sites for hydroxylation is 3. The van der Waals surface area contributed by atoms with E-state index in [0.29, 0.717) is 29.5 Å². The van der Waals surface area contributed by atoms with Gasteiger partial charge in [0.1, 0.15) is 6.61 Å². The second-order valence-corrected chi connectivity index (χ2v) is 9.70. The van der Waals surface area contributed by atoms with Crippen LogP contribution in [0.15, 0.2) is 41.3 Å². The number of carbonyl (C=O) groups is 1. The third-order valence-corrected chi connectivity index (χ3v) is 7.74. The number of fused-ring (bicyclic) bond motifs is 1. The number of piperazine rings is 1. The fraction of sp³-hybridized carbons (Fsp3) is 0.409. The van der Waals surface area contributed by atoms with Crippen LogP contribution in [0.2, 0.25) is 0 Å². The van der Waals surface area contributed by atoms with Gasteiger partial charge in [-0.05, 0) is 44.0 Å². The van der Waals surface area contributed by atoms with Gasteiger partial charge < -0.3 is 14.4 Å². The largest absolute Gasteiger partial charge is 0.485 e. The molecule has 4 rings (SSSR count). The van der Waals surface area contributed by atoms with Crippen LogP contribution in [-0.2, 0) is 14.8 Å². The Morgan fingerprint density at radius 1 is 0.967 bits per heavy atom. The first-order chi connectivity index (χ1) is 14.3. The van der Waals surface area contributed by atoms with Crippen molar-refractivity contribution in [2.75, 3.05) is 32.8 Å². The van der Waals surface area contributed by atoms with E-state index in [4.69, 9.17) is 9.47 Å². The summed E-state index contributed by atoms with van der Waals surface area (Å²) in [5.41, 5.74) is 2.53. The highest BCUT2D eigenvalue weighted by Gasteiger charge is 2.36. The van der Waals surface area contributed by atoms with Gasteiger partial charge in [0.25, 0.3) is 5.91 Å². The quantitative estimate of drug-likeness (QED) is 0.747. The summed E-state index contributed by atoms with van der Waals surface area (Å²) >= 11 is 0. The van der Waals surface area contributed by atoms with Crippen LogP contribution in [0.4, 0.5) is 0 Å². The zero-order valence-electron chi connectivity index (χ0n) is 17.4. The Hall–Kier alpha value is -2.58. The van der Waals surface area contributed by atoms with E-state index < -0.39 is 16.1 Å². The predicted molar refractivity (Wildman–Crippen MR) is 112 cm³/mol. The van der Waals surface area contributed by atoms with Gasteiger partial charge in [0.05, 0.1) is 4.90 Å². The lowest BCUT2D eigenvalue weighted by Crippen LogP contribution is -2.55. The van der Waals surface area contributed by atoms with Crippen LogP contribution in [0, 0.1) is 20.8 Å². The second-order valence-electron chi connectivity index (χ2n) is 7.82. The number of benzene rings is 2. The highest BCUT2D eigenvalue weighted by Crippen LogP contribution is 2.31. The van der Waals surface area contributed by atoms with Crippen molar-refractivity contribution in [3.63, 3.8) is 0 Å². The number of para-hydroxylation sites is 2. The average molecular weight is 431 g/mol. The minimum atomic E-state index is -3.61. The SMILES string of the molecule is Cc1cc(C)c(S(=O)(=O)N2CCN(C(=O)[C@@H]3COc4ccccc4O3)CC2)c(C)c1. The molecule has 1 fully saturated rings. The van der Waals surface area contributed by atoms with Crippen molar-refractivity contribution in [2.24, 2.45) is 0 Å². The molecule has 0 aromatic heterocycles. The Morgan fingerprint density at radius 2 is 1.57 bits per heavy atom. The molecule has 0 saturated carbocycles. The van der Waals surface area contributed by atoms with Crippen LogP contribution < -0.4 is 9.47 Å². The van der Waals surface area contributed by atoms with E-state index >= 15 is 0 Å². The molecule has 1 saturated heterocycles. The minimum absolute atomic E-state index is 0.149. The highest BCUT2D eigenvalue weighted by molar-refractivity contribution is 7.89. The zero-order chi connectivity index (χ0) is 21.5. The predicted octanol–water partition coefficient (Wildman–Crippen LogP) is 2.28. The first kappa shape index (κ1) is 20.7. The summed E-state index contributed by atoms with van der Waals surface area (Å²) in [6.45, 7) is 6.91. The number of hydrogen-bond donors (Lipinski definition) is 0. The van der Waals surface area contributed by atoms with E-state index in [2.05, 4.69) is 0 Å². The molecular weight excluding hydrogens is 404 g/mol. The van der Waals surface area contributed by atoms with E-state index in [1.165, 1.54) is 4.31 Å². The van der Waals surface area contributed by atoms with Gasteiger partial charge in [-0.3, -0.25) is 4.79 Å². The lowest BCUT2D eigenvalue weighted by Gasteiger charge is -2.37. The number of sulfonamides is 1. The molecule has 0 aliphatic carbocycles. The number of hydrogen-bond acceptors (Lipinski definition) is 5. The Morgan fingerprint density at radius 3 is 2.20 bits per heavy atom. The van der Waals surface area contributed by atoms with Crippen molar-refractivity contribution in [1.29, 1.82) is 0 Å². The highest BCUT2D eigenvalue weighted by atomic mass is 32.2. The molecule has 2 aliphatic heterocycles. The van der Waals surface area contributed by atoms with Crippen LogP contribution >= 0.6 is 0 Å². The molecule has 0 spiro atoms. The maximum absolute atomic E-state index is 13.2. The van der Waals surface area contributed by atoms with Gasteiger partial charge in [-0.2, -0.15) is 4.31 Å². The summed E-state index contributed by atoms with van der Waals surface area (Å²) < 4.78 is 39.4. The maximum atomic E-state index is 13.2. The van der Waals surface area contributed by atoms with Crippen molar-refractivity contribution >= 4 is 15.9 Å². The van der Waals surface area contributed by atoms with Crippen molar-refractivity contribution in [3.05, 3.63) is 53.1 Å². The Bertz CT molecular complexity index is 1050. The molecule has 0 unspecified atom stereocenters. The molecule has 30 heavy (non-hydrogen) atoms. The molecule has 1 atom stereocenters.